The fourth-order valence-corrected chi connectivity index (χ4v) is 5.76. The average molecular weight is 514 g/mol. The summed E-state index contributed by atoms with van der Waals surface area (Å²) in [5.74, 6) is 0. The summed E-state index contributed by atoms with van der Waals surface area (Å²) in [5, 5.41) is 13.0. The molecule has 0 aromatic carbocycles. The highest BCUT2D eigenvalue weighted by atomic mass is 35.5. The molecule has 1 aliphatic heterocycles. The fourth-order valence-electron chi connectivity index (χ4n) is 4.29. The predicted molar refractivity (Wildman–Crippen MR) is 124 cm³/mol. The molecule has 1 atom stereocenters. The van der Waals surface area contributed by atoms with E-state index in [2.05, 4.69) is 25.3 Å². The molecular formula is C20H28ClN7O5S. The van der Waals surface area contributed by atoms with E-state index in [9.17, 15) is 18.0 Å². The van der Waals surface area contributed by atoms with Crippen LogP contribution in [0.25, 0.3) is 0 Å². The standard InChI is InChI=1S/C20H28ClN7O5S/c1-2-28-12-16(9-23-28)34(31,32)26-14-5-3-13(4-6-14)24-20(30)33-15-7-8-27(11-15)17-10-22-25-19(29)18(17)21/h9-10,12-15,26H,2-8,11H2,1H3,(H,24,30)(H,25,29)/t13-,14-,15-/m1/s1. The van der Waals surface area contributed by atoms with E-state index in [0.29, 0.717) is 57.4 Å². The van der Waals surface area contributed by atoms with Crippen molar-refractivity contribution in [3.8, 4) is 0 Å². The second-order valence-corrected chi connectivity index (χ2v) is 10.6. The summed E-state index contributed by atoms with van der Waals surface area (Å²) in [6.45, 7) is 3.49. The summed E-state index contributed by atoms with van der Waals surface area (Å²) < 4.78 is 35.0. The van der Waals surface area contributed by atoms with E-state index < -0.39 is 21.7 Å². The number of amides is 1. The van der Waals surface area contributed by atoms with Crippen molar-refractivity contribution >= 4 is 33.4 Å². The van der Waals surface area contributed by atoms with Gasteiger partial charge in [0.2, 0.25) is 10.0 Å². The first-order valence-electron chi connectivity index (χ1n) is 11.2. The third-order valence-electron chi connectivity index (χ3n) is 6.15. The number of anilines is 1. The van der Waals surface area contributed by atoms with Crippen molar-refractivity contribution in [2.24, 2.45) is 0 Å². The Kier molecular flexibility index (Phi) is 7.43. The van der Waals surface area contributed by atoms with Gasteiger partial charge in [0.15, 0.2) is 0 Å². The van der Waals surface area contributed by atoms with Gasteiger partial charge in [-0.3, -0.25) is 9.48 Å². The molecule has 3 N–H and O–H groups in total. The minimum Gasteiger partial charge on any atom is -0.444 e. The number of carbonyl (C=O) groups excluding carboxylic acids is 1. The Morgan fingerprint density at radius 2 is 1.97 bits per heavy atom. The number of carbonyl (C=O) groups is 1. The number of aromatic nitrogens is 4. The normalized spacial score (nSPS) is 23.1. The molecule has 2 aromatic rings. The van der Waals surface area contributed by atoms with Crippen LogP contribution < -0.4 is 20.5 Å². The van der Waals surface area contributed by atoms with Crippen LogP contribution in [0.4, 0.5) is 10.5 Å². The van der Waals surface area contributed by atoms with Gasteiger partial charge in [0.1, 0.15) is 16.0 Å². The predicted octanol–water partition coefficient (Wildman–Crippen LogP) is 1.23. The van der Waals surface area contributed by atoms with E-state index in [1.807, 2.05) is 11.8 Å². The van der Waals surface area contributed by atoms with Gasteiger partial charge in [0.25, 0.3) is 5.56 Å². The molecule has 14 heteroatoms. The number of halogens is 1. The van der Waals surface area contributed by atoms with Crippen molar-refractivity contribution < 1.29 is 17.9 Å². The summed E-state index contributed by atoms with van der Waals surface area (Å²) in [5.41, 5.74) is 0.0509. The molecule has 3 heterocycles. The number of sulfonamides is 1. The molecule has 0 spiro atoms. The molecule has 2 aliphatic rings. The van der Waals surface area contributed by atoms with Gasteiger partial charge in [0, 0.05) is 37.8 Å². The molecule has 12 nitrogen and oxygen atoms in total. The van der Waals surface area contributed by atoms with Gasteiger partial charge < -0.3 is 15.0 Å². The average Bonchev–Trinajstić information content (AvgIpc) is 3.47. The fraction of sp³-hybridized carbons (Fsp3) is 0.600. The van der Waals surface area contributed by atoms with Crippen LogP contribution in [0.15, 0.2) is 28.3 Å². The second kappa shape index (κ2) is 10.3. The highest BCUT2D eigenvalue weighted by Gasteiger charge is 2.30. The van der Waals surface area contributed by atoms with Crippen LogP contribution >= 0.6 is 11.6 Å². The highest BCUT2D eigenvalue weighted by molar-refractivity contribution is 7.89. The Balaban J connectivity index is 1.21. The molecule has 1 amide bonds. The van der Waals surface area contributed by atoms with Crippen molar-refractivity contribution in [1.82, 2.24) is 30.0 Å². The number of aromatic amines is 1. The number of ether oxygens (including phenoxy) is 1. The number of hydrogen-bond acceptors (Lipinski definition) is 8. The van der Waals surface area contributed by atoms with Gasteiger partial charge in [-0.2, -0.15) is 10.2 Å². The molecule has 1 saturated carbocycles. The number of alkyl carbamates (subject to hydrolysis) is 1. The lowest BCUT2D eigenvalue weighted by atomic mass is 9.92. The first kappa shape index (κ1) is 24.5. The Morgan fingerprint density at radius 1 is 1.24 bits per heavy atom. The monoisotopic (exact) mass is 513 g/mol. The number of hydrogen-bond donors (Lipinski definition) is 3. The first-order chi connectivity index (χ1) is 16.2. The summed E-state index contributed by atoms with van der Waals surface area (Å²) in [6.07, 6.45) is 6.61. The molecule has 2 fully saturated rings. The molecule has 1 saturated heterocycles. The summed E-state index contributed by atoms with van der Waals surface area (Å²) >= 11 is 6.06. The Labute approximate surface area is 202 Å². The maximum absolute atomic E-state index is 12.6. The van der Waals surface area contributed by atoms with Gasteiger partial charge in [-0.15, -0.1) is 0 Å². The third-order valence-corrected chi connectivity index (χ3v) is 7.99. The lowest BCUT2D eigenvalue weighted by Crippen LogP contribution is -2.44. The molecule has 0 bridgehead atoms. The lowest BCUT2D eigenvalue weighted by molar-refractivity contribution is 0.102. The summed E-state index contributed by atoms with van der Waals surface area (Å²) in [7, 11) is -3.62. The van der Waals surface area contributed by atoms with Crippen LogP contribution in [0.3, 0.4) is 0 Å². The molecule has 186 valence electrons. The highest BCUT2D eigenvalue weighted by Crippen LogP contribution is 2.26. The van der Waals surface area contributed by atoms with Gasteiger partial charge in [-0.1, -0.05) is 11.6 Å². The number of nitrogens with one attached hydrogen (secondary N) is 3. The Bertz CT molecular complexity index is 1180. The van der Waals surface area contributed by atoms with E-state index in [4.69, 9.17) is 16.3 Å². The van der Waals surface area contributed by atoms with Crippen molar-refractivity contribution in [3.63, 3.8) is 0 Å². The first-order valence-corrected chi connectivity index (χ1v) is 13.1. The van der Waals surface area contributed by atoms with Gasteiger partial charge >= 0.3 is 6.09 Å². The van der Waals surface area contributed by atoms with E-state index >= 15 is 0 Å². The zero-order valence-corrected chi connectivity index (χ0v) is 20.3. The van der Waals surface area contributed by atoms with Crippen LogP contribution in [0.1, 0.15) is 39.0 Å². The molecule has 4 rings (SSSR count). The maximum Gasteiger partial charge on any atom is 0.407 e. The molecular weight excluding hydrogens is 486 g/mol. The second-order valence-electron chi connectivity index (χ2n) is 8.51. The SMILES string of the molecule is CCn1cc(S(=O)(=O)N[C@H]2CC[C@H](NC(=O)O[C@@H]3CCN(c4cn[nH]c(=O)c4Cl)C3)CC2)cn1. The summed E-state index contributed by atoms with van der Waals surface area (Å²) in [4.78, 5) is 26.1. The van der Waals surface area contributed by atoms with Gasteiger partial charge in [-0.25, -0.2) is 23.0 Å². The molecule has 34 heavy (non-hydrogen) atoms. The Hall–Kier alpha value is -2.64. The minimum absolute atomic E-state index is 0.0617. The van der Waals surface area contributed by atoms with E-state index in [0.717, 1.165) is 0 Å². The minimum atomic E-state index is -3.62. The number of H-pyrrole nitrogens is 1. The molecule has 2 aromatic heterocycles. The number of rotatable bonds is 7. The smallest absolute Gasteiger partial charge is 0.407 e. The van der Waals surface area contributed by atoms with Crippen LogP contribution in [-0.2, 0) is 21.3 Å². The zero-order chi connectivity index (χ0) is 24.3. The van der Waals surface area contributed by atoms with Crippen LogP contribution in [0, 0.1) is 0 Å². The van der Waals surface area contributed by atoms with Gasteiger partial charge in [-0.05, 0) is 32.6 Å². The quantitative estimate of drug-likeness (QED) is 0.500. The molecule has 0 unspecified atom stereocenters. The lowest BCUT2D eigenvalue weighted by Gasteiger charge is -2.29. The molecule has 0 radical (unpaired) electrons. The van der Waals surface area contributed by atoms with Crippen LogP contribution in [-0.4, -0.2) is 65.8 Å². The number of nitrogens with zero attached hydrogens (tertiary/aromatic N) is 4. The van der Waals surface area contributed by atoms with Crippen LogP contribution in [0.2, 0.25) is 5.02 Å². The van der Waals surface area contributed by atoms with Crippen LogP contribution in [0.5, 0.6) is 0 Å². The third kappa shape index (κ3) is 5.70. The zero-order valence-electron chi connectivity index (χ0n) is 18.7. The molecule has 1 aliphatic carbocycles. The van der Waals surface area contributed by atoms with E-state index in [-0.39, 0.29) is 28.1 Å². The van der Waals surface area contributed by atoms with Crippen molar-refractivity contribution in [2.75, 3.05) is 18.0 Å². The largest absolute Gasteiger partial charge is 0.444 e. The summed E-state index contributed by atoms with van der Waals surface area (Å²) in [6, 6.07) is -0.278. The van der Waals surface area contributed by atoms with Crippen molar-refractivity contribution in [1.29, 1.82) is 0 Å². The topological polar surface area (TPSA) is 151 Å². The maximum atomic E-state index is 12.6. The van der Waals surface area contributed by atoms with E-state index in [1.54, 1.807) is 4.68 Å². The van der Waals surface area contributed by atoms with Gasteiger partial charge in [0.05, 0.1) is 24.6 Å². The van der Waals surface area contributed by atoms with E-state index in [1.165, 1.54) is 18.6 Å². The van der Waals surface area contributed by atoms with Crippen molar-refractivity contribution in [2.45, 2.75) is 68.7 Å². The number of aryl methyl sites for hydroxylation is 1. The Morgan fingerprint density at radius 3 is 2.68 bits per heavy atom. The van der Waals surface area contributed by atoms with Crippen molar-refractivity contribution in [3.05, 3.63) is 34.0 Å².